The molecule has 2 N–H and O–H groups in total. The van der Waals surface area contributed by atoms with Gasteiger partial charge in [0.1, 0.15) is 0 Å². The second-order valence-electron chi connectivity index (χ2n) is 4.97. The standard InChI is InChI=1S/C17H17NO3/c1-11-3-7-13(8-4-11)15(19)17(21)18-16(20)14-9-5-12(2)6-10-14/h3-10,17,21H,1-2H3,(H,18,20)/t17-/m1/s1. The summed E-state index contributed by atoms with van der Waals surface area (Å²) >= 11 is 0. The number of aryl methyl sites for hydroxylation is 2. The predicted molar refractivity (Wildman–Crippen MR) is 80.2 cm³/mol. The highest BCUT2D eigenvalue weighted by Crippen LogP contribution is 2.07. The van der Waals surface area contributed by atoms with Crippen LogP contribution < -0.4 is 5.32 Å². The van der Waals surface area contributed by atoms with Crippen molar-refractivity contribution >= 4 is 11.7 Å². The lowest BCUT2D eigenvalue weighted by molar-refractivity contribution is 0.0607. The SMILES string of the molecule is Cc1ccc(C(=O)N[C@H](O)C(=O)c2ccc(C)cc2)cc1. The molecule has 0 saturated carbocycles. The molecule has 0 radical (unpaired) electrons. The highest BCUT2D eigenvalue weighted by atomic mass is 16.3. The molecular formula is C17H17NO3. The zero-order chi connectivity index (χ0) is 15.4. The number of aliphatic hydroxyl groups excluding tert-OH is 1. The van der Waals surface area contributed by atoms with Gasteiger partial charge in [-0.15, -0.1) is 0 Å². The first-order chi connectivity index (χ1) is 9.97. The van der Waals surface area contributed by atoms with E-state index < -0.39 is 17.9 Å². The van der Waals surface area contributed by atoms with Gasteiger partial charge in [0.05, 0.1) is 0 Å². The molecule has 0 unspecified atom stereocenters. The van der Waals surface area contributed by atoms with E-state index in [1.165, 1.54) is 0 Å². The fourth-order valence-corrected chi connectivity index (χ4v) is 1.85. The Hall–Kier alpha value is -2.46. The fraction of sp³-hybridized carbons (Fsp3) is 0.176. The van der Waals surface area contributed by atoms with Crippen molar-refractivity contribution in [2.75, 3.05) is 0 Å². The van der Waals surface area contributed by atoms with Gasteiger partial charge in [0.15, 0.2) is 6.23 Å². The summed E-state index contributed by atoms with van der Waals surface area (Å²) in [5.74, 6) is -1.02. The van der Waals surface area contributed by atoms with Gasteiger partial charge in [-0.25, -0.2) is 0 Å². The van der Waals surface area contributed by atoms with Crippen molar-refractivity contribution in [1.82, 2.24) is 5.32 Å². The summed E-state index contributed by atoms with van der Waals surface area (Å²) in [6, 6.07) is 13.7. The summed E-state index contributed by atoms with van der Waals surface area (Å²) in [6.07, 6.45) is -1.55. The highest BCUT2D eigenvalue weighted by Gasteiger charge is 2.19. The Labute approximate surface area is 123 Å². The van der Waals surface area contributed by atoms with E-state index in [4.69, 9.17) is 0 Å². The van der Waals surface area contributed by atoms with Crippen molar-refractivity contribution < 1.29 is 14.7 Å². The van der Waals surface area contributed by atoms with Crippen molar-refractivity contribution in [3.05, 3.63) is 70.8 Å². The second kappa shape index (κ2) is 6.33. The number of carbonyl (C=O) groups is 2. The number of carbonyl (C=O) groups excluding carboxylic acids is 2. The van der Waals surface area contributed by atoms with Crippen LogP contribution in [-0.2, 0) is 0 Å². The maximum atomic E-state index is 12.0. The van der Waals surface area contributed by atoms with Gasteiger partial charge in [0.2, 0.25) is 5.78 Å². The first-order valence-electron chi connectivity index (χ1n) is 6.64. The van der Waals surface area contributed by atoms with Crippen molar-refractivity contribution in [3.8, 4) is 0 Å². The number of rotatable bonds is 4. The van der Waals surface area contributed by atoms with Crippen LogP contribution >= 0.6 is 0 Å². The predicted octanol–water partition coefficient (Wildman–Crippen LogP) is 2.23. The fourth-order valence-electron chi connectivity index (χ4n) is 1.85. The first kappa shape index (κ1) is 14.9. The average molecular weight is 283 g/mol. The summed E-state index contributed by atoms with van der Waals surface area (Å²) < 4.78 is 0. The molecule has 0 aromatic heterocycles. The Morgan fingerprint density at radius 3 is 1.76 bits per heavy atom. The molecule has 1 amide bonds. The number of nitrogens with one attached hydrogen (secondary N) is 1. The normalized spacial score (nSPS) is 11.8. The van der Waals surface area contributed by atoms with E-state index in [1.807, 2.05) is 13.8 Å². The minimum atomic E-state index is -1.55. The van der Waals surface area contributed by atoms with Crippen LogP contribution in [-0.4, -0.2) is 23.0 Å². The van der Waals surface area contributed by atoms with Gasteiger partial charge >= 0.3 is 0 Å². The van der Waals surface area contributed by atoms with Gasteiger partial charge in [-0.2, -0.15) is 0 Å². The molecule has 108 valence electrons. The van der Waals surface area contributed by atoms with Crippen LogP contribution in [0.1, 0.15) is 31.8 Å². The van der Waals surface area contributed by atoms with Gasteiger partial charge in [-0.1, -0.05) is 47.5 Å². The van der Waals surface area contributed by atoms with Crippen molar-refractivity contribution in [2.24, 2.45) is 0 Å². The van der Waals surface area contributed by atoms with E-state index in [2.05, 4.69) is 5.32 Å². The molecule has 0 aliphatic carbocycles. The van der Waals surface area contributed by atoms with E-state index in [9.17, 15) is 14.7 Å². The third-order valence-electron chi connectivity index (χ3n) is 3.17. The summed E-state index contributed by atoms with van der Waals surface area (Å²) in [4.78, 5) is 23.9. The largest absolute Gasteiger partial charge is 0.367 e. The molecule has 0 bridgehead atoms. The smallest absolute Gasteiger partial charge is 0.253 e. The molecule has 4 heteroatoms. The molecule has 4 nitrogen and oxygen atoms in total. The number of amides is 1. The van der Waals surface area contributed by atoms with Gasteiger partial charge < -0.3 is 10.4 Å². The third kappa shape index (κ3) is 3.77. The Morgan fingerprint density at radius 2 is 1.29 bits per heavy atom. The van der Waals surface area contributed by atoms with Gasteiger partial charge in [0.25, 0.3) is 5.91 Å². The molecule has 2 aromatic carbocycles. The first-order valence-corrected chi connectivity index (χ1v) is 6.64. The molecule has 21 heavy (non-hydrogen) atoms. The molecule has 0 spiro atoms. The monoisotopic (exact) mass is 283 g/mol. The van der Waals surface area contributed by atoms with E-state index >= 15 is 0 Å². The van der Waals surface area contributed by atoms with Crippen molar-refractivity contribution in [1.29, 1.82) is 0 Å². The summed E-state index contributed by atoms with van der Waals surface area (Å²) in [7, 11) is 0. The van der Waals surface area contributed by atoms with Gasteiger partial charge in [0, 0.05) is 11.1 Å². The van der Waals surface area contributed by atoms with Crippen LogP contribution in [0, 0.1) is 13.8 Å². The molecule has 0 aliphatic heterocycles. The van der Waals surface area contributed by atoms with Crippen LogP contribution in [0.25, 0.3) is 0 Å². The lowest BCUT2D eigenvalue weighted by Crippen LogP contribution is -2.40. The molecule has 2 rings (SSSR count). The topological polar surface area (TPSA) is 66.4 Å². The summed E-state index contributed by atoms with van der Waals surface area (Å²) in [6.45, 7) is 3.82. The van der Waals surface area contributed by atoms with Crippen molar-refractivity contribution in [3.63, 3.8) is 0 Å². The number of hydrogen-bond acceptors (Lipinski definition) is 3. The molecule has 1 atom stereocenters. The summed E-state index contributed by atoms with van der Waals surface area (Å²) in [5, 5.41) is 12.1. The van der Waals surface area contributed by atoms with Gasteiger partial charge in [-0.3, -0.25) is 9.59 Å². The van der Waals surface area contributed by atoms with Crippen LogP contribution in [0.5, 0.6) is 0 Å². The number of aliphatic hydroxyl groups is 1. The maximum absolute atomic E-state index is 12.0. The minimum absolute atomic E-state index is 0.359. The zero-order valence-corrected chi connectivity index (χ0v) is 12.0. The zero-order valence-electron chi connectivity index (χ0n) is 12.0. The average Bonchev–Trinajstić information content (AvgIpc) is 2.47. The van der Waals surface area contributed by atoms with E-state index in [0.29, 0.717) is 11.1 Å². The molecule has 0 saturated heterocycles. The van der Waals surface area contributed by atoms with Gasteiger partial charge in [-0.05, 0) is 26.0 Å². The molecule has 0 fully saturated rings. The maximum Gasteiger partial charge on any atom is 0.253 e. The number of ketones is 1. The molecule has 0 aliphatic rings. The van der Waals surface area contributed by atoms with Crippen LogP contribution in [0.15, 0.2) is 48.5 Å². The lowest BCUT2D eigenvalue weighted by Gasteiger charge is -2.12. The third-order valence-corrected chi connectivity index (χ3v) is 3.17. The quantitative estimate of drug-likeness (QED) is 0.668. The highest BCUT2D eigenvalue weighted by molar-refractivity contribution is 6.03. The van der Waals surface area contributed by atoms with Crippen LogP contribution in [0.4, 0.5) is 0 Å². The van der Waals surface area contributed by atoms with Crippen LogP contribution in [0.3, 0.4) is 0 Å². The van der Waals surface area contributed by atoms with E-state index in [0.717, 1.165) is 11.1 Å². The molecular weight excluding hydrogens is 266 g/mol. The Kier molecular flexibility index (Phi) is 4.50. The Balaban J connectivity index is 2.05. The summed E-state index contributed by atoms with van der Waals surface area (Å²) in [5.41, 5.74) is 2.81. The van der Waals surface area contributed by atoms with Crippen LogP contribution in [0.2, 0.25) is 0 Å². The molecule has 2 aromatic rings. The second-order valence-corrected chi connectivity index (χ2v) is 4.97. The van der Waals surface area contributed by atoms with E-state index in [-0.39, 0.29) is 0 Å². The number of benzene rings is 2. The van der Waals surface area contributed by atoms with E-state index in [1.54, 1.807) is 48.5 Å². The lowest BCUT2D eigenvalue weighted by atomic mass is 10.1. The Morgan fingerprint density at radius 1 is 0.857 bits per heavy atom. The molecule has 0 heterocycles. The number of hydrogen-bond donors (Lipinski definition) is 2. The number of Topliss-reactive ketones (excluding diaryl/α,β-unsaturated/α-hetero) is 1. The Bertz CT molecular complexity index is 645. The van der Waals surface area contributed by atoms with Crippen molar-refractivity contribution in [2.45, 2.75) is 20.1 Å². The minimum Gasteiger partial charge on any atom is -0.367 e.